The summed E-state index contributed by atoms with van der Waals surface area (Å²) in [5.41, 5.74) is 3.65. The van der Waals surface area contributed by atoms with E-state index in [2.05, 4.69) is 35.9 Å². The van der Waals surface area contributed by atoms with Crippen LogP contribution in [0.15, 0.2) is 24.3 Å². The van der Waals surface area contributed by atoms with Crippen molar-refractivity contribution in [2.75, 3.05) is 14.2 Å². The Kier molecular flexibility index (Phi) is 3.49. The second-order valence-corrected chi connectivity index (χ2v) is 6.16. The van der Waals surface area contributed by atoms with Crippen molar-refractivity contribution in [2.45, 2.75) is 32.4 Å². The summed E-state index contributed by atoms with van der Waals surface area (Å²) in [7, 11) is 3.48. The van der Waals surface area contributed by atoms with Gasteiger partial charge in [0.15, 0.2) is 0 Å². The Morgan fingerprint density at radius 2 is 2.10 bits per heavy atom. The quantitative estimate of drug-likeness (QED) is 0.863. The Bertz CT molecular complexity index is 674. The van der Waals surface area contributed by atoms with Crippen LogP contribution < -0.4 is 0 Å². The summed E-state index contributed by atoms with van der Waals surface area (Å²) in [5.74, 6) is 0.258. The van der Waals surface area contributed by atoms with E-state index in [-0.39, 0.29) is 18.1 Å². The summed E-state index contributed by atoms with van der Waals surface area (Å²) in [4.78, 5) is 17.8. The van der Waals surface area contributed by atoms with E-state index in [4.69, 9.17) is 4.74 Å². The normalized spacial score (nSPS) is 22.5. The average Bonchev–Trinajstić information content (AvgIpc) is 2.83. The molecule has 0 aliphatic carbocycles. The molecule has 0 fully saturated rings. The number of hydrogen-bond acceptors (Lipinski definition) is 3. The van der Waals surface area contributed by atoms with E-state index in [0.29, 0.717) is 12.3 Å². The molecule has 3 rings (SSSR count). The molecule has 0 saturated heterocycles. The smallest absolute Gasteiger partial charge is 0.323 e. The van der Waals surface area contributed by atoms with Gasteiger partial charge in [-0.2, -0.15) is 0 Å². The molecule has 0 unspecified atom stereocenters. The molecule has 0 amide bonds. The monoisotopic (exact) mass is 286 g/mol. The van der Waals surface area contributed by atoms with Gasteiger partial charge in [-0.3, -0.25) is 9.69 Å². The highest BCUT2D eigenvalue weighted by molar-refractivity contribution is 5.87. The van der Waals surface area contributed by atoms with Crippen LogP contribution in [0.2, 0.25) is 0 Å². The first-order valence-electron chi connectivity index (χ1n) is 7.43. The maximum absolute atomic E-state index is 12.1. The van der Waals surface area contributed by atoms with Crippen LogP contribution in [0.25, 0.3) is 10.9 Å². The van der Waals surface area contributed by atoms with Crippen molar-refractivity contribution in [1.29, 1.82) is 0 Å². The number of aromatic amines is 1. The number of ether oxygens (including phenoxy) is 1. The van der Waals surface area contributed by atoms with E-state index < -0.39 is 0 Å². The number of carbonyl (C=O) groups is 1. The van der Waals surface area contributed by atoms with Crippen molar-refractivity contribution in [1.82, 2.24) is 9.88 Å². The molecule has 21 heavy (non-hydrogen) atoms. The molecule has 1 aliphatic heterocycles. The zero-order chi connectivity index (χ0) is 15.1. The number of para-hydroxylation sites is 1. The Labute approximate surface area is 125 Å². The third-order valence-electron chi connectivity index (χ3n) is 4.58. The highest BCUT2D eigenvalue weighted by Gasteiger charge is 2.39. The molecule has 0 spiro atoms. The molecule has 4 heteroatoms. The van der Waals surface area contributed by atoms with E-state index in [1.54, 1.807) is 0 Å². The van der Waals surface area contributed by atoms with E-state index in [1.165, 1.54) is 23.8 Å². The number of nitrogens with zero attached hydrogens (tertiary/aromatic N) is 1. The van der Waals surface area contributed by atoms with Gasteiger partial charge >= 0.3 is 5.97 Å². The number of esters is 1. The predicted octanol–water partition coefficient (Wildman–Crippen LogP) is 2.89. The average molecular weight is 286 g/mol. The lowest BCUT2D eigenvalue weighted by atomic mass is 9.87. The summed E-state index contributed by atoms with van der Waals surface area (Å²) in [5, 5.41) is 1.22. The third kappa shape index (κ3) is 2.14. The molecule has 2 aromatic rings. The number of methoxy groups -OCH3 is 1. The maximum atomic E-state index is 12.1. The first kappa shape index (κ1) is 14.1. The van der Waals surface area contributed by atoms with Crippen molar-refractivity contribution in [3.05, 3.63) is 35.5 Å². The minimum absolute atomic E-state index is 0.154. The molecular formula is C17H22N2O2. The largest absolute Gasteiger partial charge is 0.468 e. The number of carbonyl (C=O) groups excluding carboxylic acids is 1. The lowest BCUT2D eigenvalue weighted by Crippen LogP contribution is -2.47. The van der Waals surface area contributed by atoms with Gasteiger partial charge in [-0.25, -0.2) is 0 Å². The number of likely N-dealkylation sites (N-methyl/N-ethyl adjacent to an activating group) is 1. The molecule has 112 valence electrons. The molecule has 4 nitrogen and oxygen atoms in total. The van der Waals surface area contributed by atoms with Crippen molar-refractivity contribution < 1.29 is 9.53 Å². The van der Waals surface area contributed by atoms with Gasteiger partial charge in [0.25, 0.3) is 0 Å². The van der Waals surface area contributed by atoms with Crippen LogP contribution in [0.4, 0.5) is 0 Å². The summed E-state index contributed by atoms with van der Waals surface area (Å²) in [6.45, 7) is 4.38. The number of H-pyrrole nitrogens is 1. The van der Waals surface area contributed by atoms with Crippen molar-refractivity contribution in [2.24, 2.45) is 5.92 Å². The van der Waals surface area contributed by atoms with Gasteiger partial charge in [0, 0.05) is 23.0 Å². The molecule has 0 saturated carbocycles. The predicted molar refractivity (Wildman–Crippen MR) is 83.1 cm³/mol. The summed E-state index contributed by atoms with van der Waals surface area (Å²) >= 11 is 0. The maximum Gasteiger partial charge on any atom is 0.323 e. The van der Waals surface area contributed by atoms with Gasteiger partial charge in [0.2, 0.25) is 0 Å². The highest BCUT2D eigenvalue weighted by atomic mass is 16.5. The molecule has 1 N–H and O–H groups in total. The van der Waals surface area contributed by atoms with Crippen molar-refractivity contribution >= 4 is 16.9 Å². The summed E-state index contributed by atoms with van der Waals surface area (Å²) in [6.07, 6.45) is 0.700. The SMILES string of the molecule is COC(=O)[C@@H]1Cc2c([nH]c3ccccc23)[C@@H](C(C)C)N1C. The Morgan fingerprint density at radius 1 is 1.38 bits per heavy atom. The number of nitrogens with one attached hydrogen (secondary N) is 1. The molecule has 0 bridgehead atoms. The van der Waals surface area contributed by atoms with Gasteiger partial charge in [-0.1, -0.05) is 32.0 Å². The van der Waals surface area contributed by atoms with Gasteiger partial charge in [0.1, 0.15) is 6.04 Å². The van der Waals surface area contributed by atoms with Gasteiger partial charge in [-0.05, 0) is 24.6 Å². The summed E-state index contributed by atoms with van der Waals surface area (Å²) in [6, 6.07) is 8.29. The number of rotatable bonds is 2. The van der Waals surface area contributed by atoms with E-state index >= 15 is 0 Å². The zero-order valence-electron chi connectivity index (χ0n) is 13.0. The van der Waals surface area contributed by atoms with Crippen LogP contribution in [0.3, 0.4) is 0 Å². The first-order valence-corrected chi connectivity index (χ1v) is 7.43. The number of fused-ring (bicyclic) bond motifs is 3. The van der Waals surface area contributed by atoms with Gasteiger partial charge in [-0.15, -0.1) is 0 Å². The lowest BCUT2D eigenvalue weighted by Gasteiger charge is -2.40. The van der Waals surface area contributed by atoms with Crippen LogP contribution in [0, 0.1) is 5.92 Å². The molecular weight excluding hydrogens is 264 g/mol. The van der Waals surface area contributed by atoms with Crippen LogP contribution >= 0.6 is 0 Å². The van der Waals surface area contributed by atoms with Crippen molar-refractivity contribution in [3.63, 3.8) is 0 Å². The topological polar surface area (TPSA) is 45.3 Å². The Balaban J connectivity index is 2.17. The van der Waals surface area contributed by atoms with E-state index in [1.807, 2.05) is 19.2 Å². The molecule has 1 aliphatic rings. The van der Waals surface area contributed by atoms with Gasteiger partial charge < -0.3 is 9.72 Å². The Hall–Kier alpha value is -1.81. The minimum Gasteiger partial charge on any atom is -0.468 e. The molecule has 1 aromatic carbocycles. The molecule has 2 atom stereocenters. The number of benzene rings is 1. The van der Waals surface area contributed by atoms with Crippen LogP contribution in [0.5, 0.6) is 0 Å². The fraction of sp³-hybridized carbons (Fsp3) is 0.471. The fourth-order valence-corrected chi connectivity index (χ4v) is 3.62. The third-order valence-corrected chi connectivity index (χ3v) is 4.58. The van der Waals surface area contributed by atoms with E-state index in [0.717, 1.165) is 5.52 Å². The zero-order valence-corrected chi connectivity index (χ0v) is 13.0. The Morgan fingerprint density at radius 3 is 2.76 bits per heavy atom. The molecule has 0 radical (unpaired) electrons. The van der Waals surface area contributed by atoms with Crippen molar-refractivity contribution in [3.8, 4) is 0 Å². The number of hydrogen-bond donors (Lipinski definition) is 1. The van der Waals surface area contributed by atoms with Crippen LogP contribution in [0.1, 0.15) is 31.1 Å². The fourth-order valence-electron chi connectivity index (χ4n) is 3.62. The van der Waals surface area contributed by atoms with Crippen LogP contribution in [-0.4, -0.2) is 36.1 Å². The second kappa shape index (κ2) is 5.19. The van der Waals surface area contributed by atoms with E-state index in [9.17, 15) is 4.79 Å². The molecule has 2 heterocycles. The highest BCUT2D eigenvalue weighted by Crippen LogP contribution is 2.40. The standard InChI is InChI=1S/C17H22N2O2/c1-10(2)16-15-12(9-14(19(16)3)17(20)21-4)11-7-5-6-8-13(11)18-15/h5-8,10,14,16,18H,9H2,1-4H3/t14-,16+/m0/s1. The summed E-state index contributed by atoms with van der Waals surface area (Å²) < 4.78 is 5.00. The first-order chi connectivity index (χ1) is 10.0. The minimum atomic E-state index is -0.214. The van der Waals surface area contributed by atoms with Gasteiger partial charge in [0.05, 0.1) is 13.2 Å². The van der Waals surface area contributed by atoms with Crippen LogP contribution in [-0.2, 0) is 16.0 Å². The second-order valence-electron chi connectivity index (χ2n) is 6.16. The number of aromatic nitrogens is 1. The molecule has 1 aromatic heterocycles. The lowest BCUT2D eigenvalue weighted by molar-refractivity contribution is -0.148.